The van der Waals surface area contributed by atoms with Crippen LogP contribution in [0, 0.1) is 11.6 Å². The number of halogens is 2. The van der Waals surface area contributed by atoms with E-state index in [1.165, 1.54) is 5.56 Å². The average Bonchev–Trinajstić information content (AvgIpc) is 3.16. The molecule has 2 atom stereocenters. The Morgan fingerprint density at radius 3 is 2.73 bits per heavy atom. The van der Waals surface area contributed by atoms with E-state index in [1.54, 1.807) is 12.0 Å². The van der Waals surface area contributed by atoms with Crippen molar-refractivity contribution < 1.29 is 23.4 Å². The fourth-order valence-electron chi connectivity index (χ4n) is 3.58. The van der Waals surface area contributed by atoms with Crippen LogP contribution in [0.25, 0.3) is 0 Å². The molecular formula is C22H26F2N2O3S. The lowest BCUT2D eigenvalue weighted by Crippen LogP contribution is -2.40. The summed E-state index contributed by atoms with van der Waals surface area (Å²) in [5.41, 5.74) is 1.39. The summed E-state index contributed by atoms with van der Waals surface area (Å²) in [6, 6.07) is 11.4. The molecule has 1 saturated heterocycles. The van der Waals surface area contributed by atoms with Gasteiger partial charge in [-0.05, 0) is 42.3 Å². The Balaban J connectivity index is 1.52. The molecule has 1 aliphatic rings. The van der Waals surface area contributed by atoms with Gasteiger partial charge in [0.25, 0.3) is 0 Å². The van der Waals surface area contributed by atoms with E-state index >= 15 is 0 Å². The molecule has 1 heterocycles. The summed E-state index contributed by atoms with van der Waals surface area (Å²) < 4.78 is 32.6. The maximum Gasteiger partial charge on any atom is 0.317 e. The fraction of sp³-hybridized carbons (Fsp3) is 0.409. The number of methoxy groups -OCH3 is 1. The summed E-state index contributed by atoms with van der Waals surface area (Å²) in [6.07, 6.45) is 0.891. The number of hydrogen-bond donors (Lipinski definition) is 2. The Bertz CT molecular complexity index is 851. The molecule has 3 rings (SSSR count). The van der Waals surface area contributed by atoms with Crippen molar-refractivity contribution in [3.63, 3.8) is 0 Å². The van der Waals surface area contributed by atoms with E-state index in [-0.39, 0.29) is 24.7 Å². The summed E-state index contributed by atoms with van der Waals surface area (Å²) in [5.74, 6) is -0.333. The van der Waals surface area contributed by atoms with Crippen molar-refractivity contribution in [2.45, 2.75) is 30.0 Å². The first-order chi connectivity index (χ1) is 14.4. The summed E-state index contributed by atoms with van der Waals surface area (Å²) in [6.45, 7) is 1.12. The number of benzene rings is 2. The first-order valence-electron chi connectivity index (χ1n) is 9.79. The highest BCUT2D eigenvalue weighted by atomic mass is 32.2. The van der Waals surface area contributed by atoms with Gasteiger partial charge in [-0.2, -0.15) is 11.8 Å². The minimum absolute atomic E-state index is 0.0533. The van der Waals surface area contributed by atoms with Gasteiger partial charge in [0.05, 0.1) is 13.7 Å². The van der Waals surface area contributed by atoms with Crippen LogP contribution in [0.1, 0.15) is 17.5 Å². The van der Waals surface area contributed by atoms with Crippen LogP contribution in [0.3, 0.4) is 0 Å². The number of hydrogen-bond acceptors (Lipinski definition) is 5. The van der Waals surface area contributed by atoms with E-state index in [9.17, 15) is 18.7 Å². The number of carboxylic acids is 1. The molecule has 0 bridgehead atoms. The Morgan fingerprint density at radius 1 is 1.27 bits per heavy atom. The van der Waals surface area contributed by atoms with E-state index in [4.69, 9.17) is 4.74 Å². The lowest BCUT2D eigenvalue weighted by molar-refractivity contribution is -0.138. The van der Waals surface area contributed by atoms with Gasteiger partial charge in [0.15, 0.2) is 0 Å². The first kappa shape index (κ1) is 22.5. The molecule has 2 aromatic carbocycles. The minimum atomic E-state index is -0.991. The number of aliphatic carboxylic acids is 1. The normalized spacial score (nSPS) is 18.7. The molecule has 0 saturated carbocycles. The van der Waals surface area contributed by atoms with E-state index in [1.807, 2.05) is 36.0 Å². The smallest absolute Gasteiger partial charge is 0.317 e. The third-order valence-electron chi connectivity index (χ3n) is 5.07. The molecule has 0 aliphatic carbocycles. The molecule has 2 aromatic rings. The summed E-state index contributed by atoms with van der Waals surface area (Å²) in [5, 5.41) is 13.1. The van der Waals surface area contributed by atoms with Crippen molar-refractivity contribution in [3.8, 4) is 5.75 Å². The number of nitrogens with zero attached hydrogens (tertiary/aromatic N) is 1. The monoisotopic (exact) mass is 436 g/mol. The molecular weight excluding hydrogens is 410 g/mol. The zero-order valence-corrected chi connectivity index (χ0v) is 17.6. The van der Waals surface area contributed by atoms with Crippen LogP contribution in [-0.4, -0.2) is 54.0 Å². The van der Waals surface area contributed by atoms with Gasteiger partial charge in [-0.25, -0.2) is 8.78 Å². The molecule has 0 spiro atoms. The van der Waals surface area contributed by atoms with Gasteiger partial charge in [0.2, 0.25) is 0 Å². The summed E-state index contributed by atoms with van der Waals surface area (Å²) in [7, 11) is 1.64. The number of carbonyl (C=O) groups is 1. The molecule has 30 heavy (non-hydrogen) atoms. The van der Waals surface area contributed by atoms with Gasteiger partial charge in [0, 0.05) is 42.2 Å². The molecule has 1 aliphatic heterocycles. The van der Waals surface area contributed by atoms with Gasteiger partial charge in [-0.1, -0.05) is 12.1 Å². The quantitative estimate of drug-likeness (QED) is 0.594. The SMILES string of the molecule is COc1ccc(CSC2CNC(CN(CC(=O)O)Cc3cc(F)ccc3F)C2)cc1. The zero-order valence-electron chi connectivity index (χ0n) is 16.8. The summed E-state index contributed by atoms with van der Waals surface area (Å²) in [4.78, 5) is 12.9. The van der Waals surface area contributed by atoms with Crippen LogP contribution in [0.5, 0.6) is 5.75 Å². The standard InChI is InChI=1S/C22H26F2N2O3S/c1-29-19-5-2-15(3-6-19)14-30-20-9-18(25-10-20)12-26(13-22(27)28)11-16-8-17(23)4-7-21(16)24/h2-8,18,20,25H,9-14H2,1H3,(H,27,28). The van der Waals surface area contributed by atoms with Crippen LogP contribution in [-0.2, 0) is 17.1 Å². The summed E-state index contributed by atoms with van der Waals surface area (Å²) >= 11 is 1.86. The second-order valence-electron chi connectivity index (χ2n) is 7.42. The highest BCUT2D eigenvalue weighted by Gasteiger charge is 2.27. The largest absolute Gasteiger partial charge is 0.497 e. The predicted molar refractivity (Wildman–Crippen MR) is 114 cm³/mol. The van der Waals surface area contributed by atoms with Gasteiger partial charge in [-0.3, -0.25) is 9.69 Å². The van der Waals surface area contributed by atoms with Crippen LogP contribution in [0.4, 0.5) is 8.78 Å². The number of carboxylic acid groups (broad SMARTS) is 1. The molecule has 0 aromatic heterocycles. The van der Waals surface area contributed by atoms with E-state index in [0.29, 0.717) is 11.8 Å². The predicted octanol–water partition coefficient (Wildman–Crippen LogP) is 3.52. The van der Waals surface area contributed by atoms with Crippen LogP contribution >= 0.6 is 11.8 Å². The minimum Gasteiger partial charge on any atom is -0.497 e. The lowest BCUT2D eigenvalue weighted by Gasteiger charge is -2.24. The topological polar surface area (TPSA) is 61.8 Å². The molecule has 2 N–H and O–H groups in total. The molecule has 162 valence electrons. The molecule has 5 nitrogen and oxygen atoms in total. The van der Waals surface area contributed by atoms with Crippen LogP contribution in [0.15, 0.2) is 42.5 Å². The van der Waals surface area contributed by atoms with Gasteiger partial charge in [0.1, 0.15) is 17.4 Å². The van der Waals surface area contributed by atoms with Crippen LogP contribution in [0.2, 0.25) is 0 Å². The average molecular weight is 437 g/mol. The Kier molecular flexibility index (Phi) is 8.07. The van der Waals surface area contributed by atoms with E-state index in [2.05, 4.69) is 5.32 Å². The van der Waals surface area contributed by atoms with E-state index in [0.717, 1.165) is 42.7 Å². The second kappa shape index (κ2) is 10.7. The van der Waals surface area contributed by atoms with Crippen molar-refractivity contribution in [2.24, 2.45) is 0 Å². The Labute approximate surface area is 179 Å². The molecule has 1 fully saturated rings. The number of nitrogens with one attached hydrogen (secondary N) is 1. The lowest BCUT2D eigenvalue weighted by atomic mass is 10.1. The van der Waals surface area contributed by atoms with Crippen LogP contribution < -0.4 is 10.1 Å². The number of ether oxygens (including phenoxy) is 1. The molecule has 0 radical (unpaired) electrons. The van der Waals surface area contributed by atoms with Gasteiger partial charge < -0.3 is 15.2 Å². The second-order valence-corrected chi connectivity index (χ2v) is 8.71. The van der Waals surface area contributed by atoms with Crippen molar-refractivity contribution in [2.75, 3.05) is 26.7 Å². The van der Waals surface area contributed by atoms with Crippen molar-refractivity contribution in [3.05, 3.63) is 65.2 Å². The highest BCUT2D eigenvalue weighted by Crippen LogP contribution is 2.26. The first-order valence-corrected chi connectivity index (χ1v) is 10.8. The third kappa shape index (κ3) is 6.68. The maximum absolute atomic E-state index is 14.0. The fourth-order valence-corrected chi connectivity index (χ4v) is 4.78. The number of thioether (sulfide) groups is 1. The van der Waals surface area contributed by atoms with E-state index < -0.39 is 17.6 Å². The highest BCUT2D eigenvalue weighted by molar-refractivity contribution is 7.99. The maximum atomic E-state index is 14.0. The van der Waals surface area contributed by atoms with Crippen molar-refractivity contribution >= 4 is 17.7 Å². The van der Waals surface area contributed by atoms with Crippen molar-refractivity contribution in [1.29, 1.82) is 0 Å². The van der Waals surface area contributed by atoms with Crippen molar-refractivity contribution in [1.82, 2.24) is 10.2 Å². The third-order valence-corrected chi connectivity index (χ3v) is 6.40. The molecule has 2 unspecified atom stereocenters. The zero-order chi connectivity index (χ0) is 21.5. The Morgan fingerprint density at radius 2 is 2.03 bits per heavy atom. The van der Waals surface area contributed by atoms with Gasteiger partial charge in [-0.15, -0.1) is 0 Å². The molecule has 8 heteroatoms. The number of rotatable bonds is 10. The Hall–Kier alpha value is -2.16. The van der Waals surface area contributed by atoms with Gasteiger partial charge >= 0.3 is 5.97 Å². The molecule has 0 amide bonds.